The highest BCUT2D eigenvalue weighted by molar-refractivity contribution is 4.57. The van der Waals surface area contributed by atoms with Crippen LogP contribution in [-0.4, -0.2) is 31.0 Å². The molecular weight excluding hydrogens is 142 g/mol. The number of aliphatic hydroxyl groups excluding tert-OH is 1. The molecule has 0 aliphatic rings. The average molecular weight is 161 g/mol. The summed E-state index contributed by atoms with van der Waals surface area (Å²) in [6.45, 7) is 5.68. The summed E-state index contributed by atoms with van der Waals surface area (Å²) in [6.07, 6.45) is 0.739. The first kappa shape index (κ1) is 10.9. The van der Waals surface area contributed by atoms with Crippen LogP contribution in [0.15, 0.2) is 0 Å². The van der Waals surface area contributed by atoms with Crippen LogP contribution in [0.4, 0.5) is 0 Å². The first-order chi connectivity index (χ1) is 5.16. The van der Waals surface area contributed by atoms with Crippen LogP contribution in [0, 0.1) is 5.92 Å². The van der Waals surface area contributed by atoms with E-state index in [2.05, 4.69) is 13.8 Å². The number of hydrogen-bond donors (Lipinski definition) is 2. The summed E-state index contributed by atoms with van der Waals surface area (Å²) in [5.74, 6) is 0.570. The van der Waals surface area contributed by atoms with E-state index in [1.807, 2.05) is 0 Å². The minimum atomic E-state index is -0.123. The van der Waals surface area contributed by atoms with Gasteiger partial charge in [0.25, 0.3) is 0 Å². The quantitative estimate of drug-likeness (QED) is 0.553. The summed E-state index contributed by atoms with van der Waals surface area (Å²) >= 11 is 0. The molecule has 0 saturated heterocycles. The van der Waals surface area contributed by atoms with Gasteiger partial charge in [-0.3, -0.25) is 0 Å². The van der Waals surface area contributed by atoms with Crippen LogP contribution in [0.5, 0.6) is 0 Å². The van der Waals surface area contributed by atoms with Gasteiger partial charge in [-0.15, -0.1) is 0 Å². The standard InChI is InChI=1S/C8H19NO2/c1-7(2)6-11-4-3-8(9)5-10/h7-8,10H,3-6,9H2,1-2H3. The Hall–Kier alpha value is -0.120. The number of nitrogens with two attached hydrogens (primary N) is 1. The molecule has 0 aromatic carbocycles. The van der Waals surface area contributed by atoms with E-state index in [1.54, 1.807) is 0 Å². The third-order valence-corrected chi connectivity index (χ3v) is 1.32. The Bertz CT molecular complexity index is 86.2. The van der Waals surface area contributed by atoms with E-state index in [9.17, 15) is 0 Å². The Labute approximate surface area is 68.5 Å². The zero-order chi connectivity index (χ0) is 8.69. The van der Waals surface area contributed by atoms with E-state index in [-0.39, 0.29) is 12.6 Å². The lowest BCUT2D eigenvalue weighted by atomic mass is 10.2. The minimum absolute atomic E-state index is 0.0467. The van der Waals surface area contributed by atoms with Crippen LogP contribution in [0.3, 0.4) is 0 Å². The van der Waals surface area contributed by atoms with Gasteiger partial charge in [-0.25, -0.2) is 0 Å². The molecule has 1 unspecified atom stereocenters. The van der Waals surface area contributed by atoms with Gasteiger partial charge in [0.05, 0.1) is 6.61 Å². The van der Waals surface area contributed by atoms with Crippen molar-refractivity contribution in [1.82, 2.24) is 0 Å². The van der Waals surface area contributed by atoms with Crippen molar-refractivity contribution in [2.75, 3.05) is 19.8 Å². The van der Waals surface area contributed by atoms with Crippen molar-refractivity contribution in [2.24, 2.45) is 11.7 Å². The van der Waals surface area contributed by atoms with E-state index in [0.29, 0.717) is 12.5 Å². The van der Waals surface area contributed by atoms with Gasteiger partial charge >= 0.3 is 0 Å². The fourth-order valence-corrected chi connectivity index (χ4v) is 0.645. The van der Waals surface area contributed by atoms with Gasteiger partial charge in [0.15, 0.2) is 0 Å². The van der Waals surface area contributed by atoms with Gasteiger partial charge in [0.1, 0.15) is 0 Å². The Morgan fingerprint density at radius 2 is 2.09 bits per heavy atom. The third kappa shape index (κ3) is 7.78. The first-order valence-electron chi connectivity index (χ1n) is 4.11. The van der Waals surface area contributed by atoms with Crippen molar-refractivity contribution in [3.63, 3.8) is 0 Å². The second-order valence-electron chi connectivity index (χ2n) is 3.20. The highest BCUT2D eigenvalue weighted by Gasteiger charge is 1.99. The molecule has 1 atom stereocenters. The Balaban J connectivity index is 3.01. The van der Waals surface area contributed by atoms with Crippen molar-refractivity contribution in [3.05, 3.63) is 0 Å². The number of ether oxygens (including phenoxy) is 1. The molecule has 0 rings (SSSR count). The molecule has 0 bridgehead atoms. The Morgan fingerprint density at radius 3 is 2.55 bits per heavy atom. The monoisotopic (exact) mass is 161 g/mol. The summed E-state index contributed by atoms with van der Waals surface area (Å²) < 4.78 is 5.28. The minimum Gasteiger partial charge on any atom is -0.395 e. The van der Waals surface area contributed by atoms with Crippen molar-refractivity contribution in [1.29, 1.82) is 0 Å². The number of aliphatic hydroxyl groups is 1. The van der Waals surface area contributed by atoms with Crippen molar-refractivity contribution in [2.45, 2.75) is 26.3 Å². The molecule has 3 heteroatoms. The fraction of sp³-hybridized carbons (Fsp3) is 1.00. The molecular formula is C8H19NO2. The molecule has 0 radical (unpaired) electrons. The van der Waals surface area contributed by atoms with Crippen molar-refractivity contribution >= 4 is 0 Å². The number of hydrogen-bond acceptors (Lipinski definition) is 3. The summed E-state index contributed by atoms with van der Waals surface area (Å²) in [5.41, 5.74) is 5.46. The second kappa shape index (κ2) is 6.58. The maximum Gasteiger partial charge on any atom is 0.0583 e. The van der Waals surface area contributed by atoms with Crippen LogP contribution in [-0.2, 0) is 4.74 Å². The predicted molar refractivity (Wildman–Crippen MR) is 45.3 cm³/mol. The SMILES string of the molecule is CC(C)COCCC(N)CO. The van der Waals surface area contributed by atoms with E-state index < -0.39 is 0 Å². The summed E-state index contributed by atoms with van der Waals surface area (Å²) in [4.78, 5) is 0. The first-order valence-corrected chi connectivity index (χ1v) is 4.11. The molecule has 68 valence electrons. The normalized spacial score (nSPS) is 13.9. The highest BCUT2D eigenvalue weighted by atomic mass is 16.5. The van der Waals surface area contributed by atoms with Gasteiger partial charge in [0, 0.05) is 19.3 Å². The molecule has 0 aliphatic carbocycles. The second-order valence-corrected chi connectivity index (χ2v) is 3.20. The molecule has 0 aromatic rings. The fourth-order valence-electron chi connectivity index (χ4n) is 0.645. The van der Waals surface area contributed by atoms with Crippen LogP contribution >= 0.6 is 0 Å². The van der Waals surface area contributed by atoms with Gasteiger partial charge in [0.2, 0.25) is 0 Å². The molecule has 0 fully saturated rings. The van der Waals surface area contributed by atoms with Crippen molar-refractivity contribution in [3.8, 4) is 0 Å². The molecule has 0 aliphatic heterocycles. The highest BCUT2D eigenvalue weighted by Crippen LogP contribution is 1.94. The Kier molecular flexibility index (Phi) is 6.51. The molecule has 0 amide bonds. The molecule has 3 N–H and O–H groups in total. The van der Waals surface area contributed by atoms with E-state index in [0.717, 1.165) is 13.0 Å². The van der Waals surface area contributed by atoms with Crippen LogP contribution in [0.1, 0.15) is 20.3 Å². The van der Waals surface area contributed by atoms with Gasteiger partial charge in [-0.1, -0.05) is 13.8 Å². The maximum atomic E-state index is 8.56. The smallest absolute Gasteiger partial charge is 0.0583 e. The summed E-state index contributed by atoms with van der Waals surface area (Å²) in [7, 11) is 0. The zero-order valence-corrected chi connectivity index (χ0v) is 7.42. The van der Waals surface area contributed by atoms with Gasteiger partial charge < -0.3 is 15.6 Å². The van der Waals surface area contributed by atoms with Crippen LogP contribution < -0.4 is 5.73 Å². The number of rotatable bonds is 6. The van der Waals surface area contributed by atoms with Gasteiger partial charge in [-0.2, -0.15) is 0 Å². The Morgan fingerprint density at radius 1 is 1.45 bits per heavy atom. The lowest BCUT2D eigenvalue weighted by molar-refractivity contribution is 0.0983. The topological polar surface area (TPSA) is 55.5 Å². The molecule has 0 saturated carbocycles. The molecule has 0 spiro atoms. The average Bonchev–Trinajstić information content (AvgIpc) is 1.97. The lowest BCUT2D eigenvalue weighted by Crippen LogP contribution is -2.26. The van der Waals surface area contributed by atoms with Crippen LogP contribution in [0.2, 0.25) is 0 Å². The largest absolute Gasteiger partial charge is 0.395 e. The van der Waals surface area contributed by atoms with E-state index >= 15 is 0 Å². The molecule has 0 aromatic heterocycles. The van der Waals surface area contributed by atoms with Crippen LogP contribution in [0.25, 0.3) is 0 Å². The predicted octanol–water partition coefficient (Wildman–Crippen LogP) is 0.369. The molecule has 3 nitrogen and oxygen atoms in total. The summed E-state index contributed by atoms with van der Waals surface area (Å²) in [5, 5.41) is 8.56. The molecule has 11 heavy (non-hydrogen) atoms. The maximum absolute atomic E-state index is 8.56. The zero-order valence-electron chi connectivity index (χ0n) is 7.42. The van der Waals surface area contributed by atoms with Gasteiger partial charge in [-0.05, 0) is 12.3 Å². The summed E-state index contributed by atoms with van der Waals surface area (Å²) in [6, 6.07) is -0.123. The van der Waals surface area contributed by atoms with E-state index in [4.69, 9.17) is 15.6 Å². The lowest BCUT2D eigenvalue weighted by Gasteiger charge is -2.09. The van der Waals surface area contributed by atoms with Crippen molar-refractivity contribution < 1.29 is 9.84 Å². The molecule has 0 heterocycles. The van der Waals surface area contributed by atoms with E-state index in [1.165, 1.54) is 0 Å². The third-order valence-electron chi connectivity index (χ3n) is 1.32.